The topological polar surface area (TPSA) is 213 Å². The lowest BCUT2D eigenvalue weighted by Crippen LogP contribution is -2.41. The molecule has 0 N–H and O–H groups in total. The van der Waals surface area contributed by atoms with Crippen molar-refractivity contribution in [3.63, 3.8) is 0 Å². The monoisotopic (exact) mass is 1010 g/mol. The summed E-state index contributed by atoms with van der Waals surface area (Å²) in [6, 6.07) is 0. The van der Waals surface area contributed by atoms with Crippen molar-refractivity contribution in [3.05, 3.63) is 49.6 Å². The van der Waals surface area contributed by atoms with Crippen LogP contribution in [0.1, 0.15) is 125 Å². The van der Waals surface area contributed by atoms with Gasteiger partial charge in [0.15, 0.2) is 0 Å². The van der Waals surface area contributed by atoms with E-state index in [0.29, 0.717) is 118 Å². The first-order valence-electron chi connectivity index (χ1n) is 21.1. The Labute approximate surface area is 424 Å². The van der Waals surface area contributed by atoms with Crippen molar-refractivity contribution in [1.82, 2.24) is 0 Å². The number of hydrogen-bond donors (Lipinski definition) is 0. The Balaban J connectivity index is -0.000000116. The van der Waals surface area contributed by atoms with E-state index in [1.54, 1.807) is 13.8 Å². The minimum absolute atomic E-state index is 0. The Bertz CT molecular complexity index is 1350. The first-order chi connectivity index (χ1) is 30.6. The lowest BCUT2D eigenvalue weighted by atomic mass is 9.83. The highest BCUT2D eigenvalue weighted by atomic mass is 16.7. The van der Waals surface area contributed by atoms with Gasteiger partial charge in [0.25, 0.3) is 0 Å². The van der Waals surface area contributed by atoms with Gasteiger partial charge in [0, 0.05) is 34.1 Å². The lowest BCUT2D eigenvalue weighted by Gasteiger charge is -2.35. The quantitative estimate of drug-likeness (QED) is 0.0710. The van der Waals surface area contributed by atoms with E-state index in [0.717, 1.165) is 44.6 Å². The van der Waals surface area contributed by atoms with E-state index >= 15 is 0 Å². The van der Waals surface area contributed by atoms with Crippen LogP contribution in [0.4, 0.5) is 0 Å². The van der Waals surface area contributed by atoms with Gasteiger partial charge in [0.05, 0.1) is 76.9 Å². The summed E-state index contributed by atoms with van der Waals surface area (Å²) in [5, 5.41) is 0. The van der Waals surface area contributed by atoms with Crippen molar-refractivity contribution in [3.8, 4) is 0 Å². The van der Waals surface area contributed by atoms with Gasteiger partial charge < -0.3 is 66.4 Å². The van der Waals surface area contributed by atoms with Crippen molar-refractivity contribution in [2.75, 3.05) is 106 Å². The van der Waals surface area contributed by atoms with Gasteiger partial charge in [-0.25, -0.2) is 19.2 Å². The summed E-state index contributed by atoms with van der Waals surface area (Å²) in [4.78, 5) is 60.2. The fourth-order valence-electron chi connectivity index (χ4n) is 5.83. The minimum atomic E-state index is -0.400. The zero-order chi connectivity index (χ0) is 48.9. The first kappa shape index (κ1) is 82.8. The van der Waals surface area contributed by atoms with E-state index in [9.17, 15) is 19.2 Å². The molecule has 0 atom stereocenters. The second-order valence-electron chi connectivity index (χ2n) is 15.6. The van der Waals surface area contributed by atoms with Crippen molar-refractivity contribution in [2.24, 2.45) is 21.7 Å². The van der Waals surface area contributed by atoms with Crippen molar-refractivity contribution >= 4 is 37.5 Å². The summed E-state index contributed by atoms with van der Waals surface area (Å²) in [7, 11) is 0. The maximum atomic E-state index is 11.2. The second kappa shape index (κ2) is 48.5. The van der Waals surface area contributed by atoms with E-state index < -0.39 is 5.97 Å². The maximum absolute atomic E-state index is 11.2. The molecule has 0 aromatic carbocycles. The highest BCUT2D eigenvalue weighted by molar-refractivity contribution is 5.87. The van der Waals surface area contributed by atoms with Crippen molar-refractivity contribution in [2.45, 2.75) is 125 Å². The van der Waals surface area contributed by atoms with Crippen LogP contribution in [-0.2, 0) is 85.6 Å². The van der Waals surface area contributed by atoms with Gasteiger partial charge >= 0.3 is 23.9 Å². The number of rotatable bonds is 18. The van der Waals surface area contributed by atoms with E-state index in [1.165, 1.54) is 6.08 Å². The Morgan fingerprint density at radius 2 is 0.671 bits per heavy atom. The van der Waals surface area contributed by atoms with Crippen LogP contribution in [0.5, 0.6) is 0 Å². The number of carbonyl (C=O) groups excluding carboxylic acids is 6. The van der Waals surface area contributed by atoms with E-state index in [1.807, 2.05) is 27.4 Å². The summed E-state index contributed by atoms with van der Waals surface area (Å²) in [6.07, 6.45) is 7.50. The standard InChI is InChI=1S/C12H20O4.2C11H18O4.C10H16O4.2CH2O.6CH4/c1-4-12(7-14-9-15-8-12)5-6-16-11(13)10(2)3;1-4-11(5-13-8-14-6-11)7-15-10(12)9(2)3;1-3-10(12)15-6-5-11(4-2)7-13-9-14-8-11;1-3-9(11)14-7-10(4-2)5-12-8-13-6-10;2*1-2;;;;;;/h2,4-9H2,1,3H3;2,4-8H2,1,3H3;3H,1,4-9H2,2H3;3H,1,4-8H2,2H3;2*1H2;6*1H4. The SMILES string of the molecule is C.C.C.C.C.C.C=C(C)C(=O)OCC1(CC)COCOC1.C=C(C)C(=O)OCCC1(CC)COCOC1.C=CC(=O)OCC1(CC)COCOC1.C=CC(=O)OCCC1(CC)COCOC1.C=O.C=O. The summed E-state index contributed by atoms with van der Waals surface area (Å²) in [5.41, 5.74) is 0.466. The lowest BCUT2D eigenvalue weighted by molar-refractivity contribution is -0.185. The summed E-state index contributed by atoms with van der Waals surface area (Å²) >= 11 is 0. The molecule has 18 heteroatoms. The molecule has 4 saturated heterocycles. The van der Waals surface area contributed by atoms with Gasteiger partial charge in [0.2, 0.25) is 0 Å². The molecule has 0 spiro atoms. The molecule has 0 saturated carbocycles. The average Bonchev–Trinajstić information content (AvgIpc) is 3.35. The number of ether oxygens (including phenoxy) is 12. The van der Waals surface area contributed by atoms with Crippen LogP contribution in [0, 0.1) is 21.7 Å². The molecule has 0 amide bonds. The first-order valence-corrected chi connectivity index (χ1v) is 21.1. The molecule has 0 aromatic rings. The smallest absolute Gasteiger partial charge is 0.333 e. The molecule has 18 nitrogen and oxygen atoms in total. The second-order valence-corrected chi connectivity index (χ2v) is 15.6. The van der Waals surface area contributed by atoms with E-state index in [-0.39, 0.29) is 84.1 Å². The predicted molar refractivity (Wildman–Crippen MR) is 276 cm³/mol. The van der Waals surface area contributed by atoms with Gasteiger partial charge in [0.1, 0.15) is 54.0 Å². The normalized spacial score (nSPS) is 16.9. The average molecular weight is 1010 g/mol. The van der Waals surface area contributed by atoms with Crippen LogP contribution in [0.3, 0.4) is 0 Å². The summed E-state index contributed by atoms with van der Waals surface area (Å²) < 4.78 is 62.2. The van der Waals surface area contributed by atoms with Gasteiger partial charge in [-0.3, -0.25) is 0 Å². The van der Waals surface area contributed by atoms with Gasteiger partial charge in [-0.05, 0) is 52.4 Å². The fourth-order valence-corrected chi connectivity index (χ4v) is 5.83. The highest BCUT2D eigenvalue weighted by Gasteiger charge is 2.36. The maximum Gasteiger partial charge on any atom is 0.333 e. The van der Waals surface area contributed by atoms with Gasteiger partial charge in [-0.1, -0.05) is 98.6 Å². The molecule has 0 aromatic heterocycles. The molecule has 4 rings (SSSR count). The molecule has 0 aliphatic carbocycles. The Kier molecular flexibility index (Phi) is 57.3. The van der Waals surface area contributed by atoms with E-state index in [4.69, 9.17) is 66.4 Å². The Hall–Kier alpha value is -4.14. The predicted octanol–water partition coefficient (Wildman–Crippen LogP) is 9.47. The van der Waals surface area contributed by atoms with Crippen LogP contribution in [0.2, 0.25) is 0 Å². The fraction of sp³-hybridized carbons (Fsp3) is 0.731. The van der Waals surface area contributed by atoms with E-state index in [2.05, 4.69) is 40.2 Å². The Morgan fingerprint density at radius 3 is 0.943 bits per heavy atom. The molecule has 4 heterocycles. The van der Waals surface area contributed by atoms with Gasteiger partial charge in [-0.2, -0.15) is 0 Å². The molecule has 4 aliphatic heterocycles. The molecule has 4 fully saturated rings. The molecule has 0 unspecified atom stereocenters. The molecule has 416 valence electrons. The zero-order valence-electron chi connectivity index (χ0n) is 39.3. The third kappa shape index (κ3) is 34.2. The molecule has 0 bridgehead atoms. The molecule has 4 aliphatic rings. The Morgan fingerprint density at radius 1 is 0.429 bits per heavy atom. The number of hydrogen-bond acceptors (Lipinski definition) is 18. The molecule has 70 heavy (non-hydrogen) atoms. The molecular weight excluding hydrogens is 913 g/mol. The third-order valence-electron chi connectivity index (χ3n) is 10.7. The van der Waals surface area contributed by atoms with Crippen LogP contribution in [-0.4, -0.2) is 144 Å². The van der Waals surface area contributed by atoms with Crippen molar-refractivity contribution < 1.29 is 85.6 Å². The van der Waals surface area contributed by atoms with Crippen molar-refractivity contribution in [1.29, 1.82) is 0 Å². The largest absolute Gasteiger partial charge is 0.463 e. The molecule has 0 radical (unpaired) electrons. The van der Waals surface area contributed by atoms with Gasteiger partial charge in [-0.15, -0.1) is 0 Å². The highest BCUT2D eigenvalue weighted by Crippen LogP contribution is 2.32. The van der Waals surface area contributed by atoms with Crippen LogP contribution >= 0.6 is 0 Å². The number of carbonyl (C=O) groups is 6. The summed E-state index contributed by atoms with van der Waals surface area (Å²) in [6.45, 7) is 37.1. The van der Waals surface area contributed by atoms with Crippen LogP contribution < -0.4 is 0 Å². The molecular formula is C52H100O18. The van der Waals surface area contributed by atoms with Crippen LogP contribution in [0.15, 0.2) is 49.6 Å². The van der Waals surface area contributed by atoms with Crippen LogP contribution in [0.25, 0.3) is 0 Å². The minimum Gasteiger partial charge on any atom is -0.463 e. The summed E-state index contributed by atoms with van der Waals surface area (Å²) in [5.74, 6) is -1.46. The number of esters is 4. The third-order valence-corrected chi connectivity index (χ3v) is 10.7. The zero-order valence-corrected chi connectivity index (χ0v) is 39.3.